The third-order valence-electron chi connectivity index (χ3n) is 5.09. The topological polar surface area (TPSA) is 65.7 Å². The largest absolute Gasteiger partial charge is 0.339 e. The molecule has 1 atom stereocenters. The van der Waals surface area contributed by atoms with E-state index in [2.05, 4.69) is 33.8 Å². The number of carbonyl (C=O) groups excluding carboxylic acids is 1. The number of piperazine rings is 1. The van der Waals surface area contributed by atoms with Crippen LogP contribution >= 0.6 is 0 Å². The molecule has 1 aromatic rings. The summed E-state index contributed by atoms with van der Waals surface area (Å²) in [4.78, 5) is 23.8. The fraction of sp³-hybridized carbons (Fsp3) is 0.824. The van der Waals surface area contributed by atoms with Crippen LogP contribution in [-0.2, 0) is 17.8 Å². The Bertz CT molecular complexity index is 551. The molecule has 0 bridgehead atoms. The number of piperidine rings is 1. The van der Waals surface area contributed by atoms with Crippen molar-refractivity contribution in [1.82, 2.24) is 24.8 Å². The smallest absolute Gasteiger partial charge is 0.240 e. The first-order chi connectivity index (χ1) is 11.6. The summed E-state index contributed by atoms with van der Waals surface area (Å²) in [5, 5.41) is 4.03. The van der Waals surface area contributed by atoms with Crippen LogP contribution in [0.4, 0.5) is 0 Å². The summed E-state index contributed by atoms with van der Waals surface area (Å²) in [6, 6.07) is 0.368. The van der Waals surface area contributed by atoms with E-state index in [0.717, 1.165) is 64.4 Å². The van der Waals surface area contributed by atoms with Gasteiger partial charge in [-0.2, -0.15) is 4.98 Å². The Kier molecular flexibility index (Phi) is 5.50. The van der Waals surface area contributed by atoms with E-state index in [1.807, 2.05) is 11.8 Å². The lowest BCUT2D eigenvalue weighted by molar-refractivity contribution is -0.143. The van der Waals surface area contributed by atoms with Crippen molar-refractivity contribution >= 4 is 5.91 Å². The van der Waals surface area contributed by atoms with E-state index in [9.17, 15) is 4.79 Å². The number of aryl methyl sites for hydroxylation is 1. The fourth-order valence-corrected chi connectivity index (χ4v) is 3.66. The van der Waals surface area contributed by atoms with Crippen molar-refractivity contribution in [3.8, 4) is 0 Å². The minimum absolute atomic E-state index is 0.0696. The van der Waals surface area contributed by atoms with Crippen molar-refractivity contribution in [2.75, 3.05) is 32.7 Å². The van der Waals surface area contributed by atoms with Crippen LogP contribution in [-0.4, -0.2) is 75.6 Å². The molecule has 0 aromatic carbocycles. The molecule has 134 valence electrons. The number of aromatic nitrogens is 2. The zero-order valence-electron chi connectivity index (χ0n) is 15.1. The van der Waals surface area contributed by atoms with Crippen LogP contribution in [0.15, 0.2) is 4.52 Å². The van der Waals surface area contributed by atoms with Crippen LogP contribution in [0, 0.1) is 0 Å². The van der Waals surface area contributed by atoms with E-state index >= 15 is 0 Å². The Morgan fingerprint density at radius 2 is 1.96 bits per heavy atom. The molecular weight excluding hydrogens is 306 g/mol. The second-order valence-corrected chi connectivity index (χ2v) is 7.05. The molecule has 0 spiro atoms. The molecule has 0 saturated carbocycles. The second kappa shape index (κ2) is 7.61. The third-order valence-corrected chi connectivity index (χ3v) is 5.09. The Hall–Kier alpha value is -1.47. The number of carbonyl (C=O) groups is 1. The number of nitrogens with zero attached hydrogens (tertiary/aromatic N) is 5. The highest BCUT2D eigenvalue weighted by Gasteiger charge is 2.35. The predicted molar refractivity (Wildman–Crippen MR) is 90.4 cm³/mol. The van der Waals surface area contributed by atoms with Crippen LogP contribution in [0.2, 0.25) is 0 Å². The first-order valence-corrected chi connectivity index (χ1v) is 9.16. The molecule has 0 radical (unpaired) electrons. The minimum Gasteiger partial charge on any atom is -0.339 e. The fourth-order valence-electron chi connectivity index (χ4n) is 3.66. The highest BCUT2D eigenvalue weighted by atomic mass is 16.5. The highest BCUT2D eigenvalue weighted by Crippen LogP contribution is 2.21. The van der Waals surface area contributed by atoms with Crippen LogP contribution in [0.25, 0.3) is 0 Å². The third kappa shape index (κ3) is 3.78. The average molecular weight is 335 g/mol. The Labute approximate surface area is 144 Å². The van der Waals surface area contributed by atoms with Crippen LogP contribution in [0.3, 0.4) is 0 Å². The minimum atomic E-state index is 0.0696. The van der Waals surface area contributed by atoms with Crippen molar-refractivity contribution in [3.05, 3.63) is 11.7 Å². The molecule has 2 aliphatic heterocycles. The van der Waals surface area contributed by atoms with Gasteiger partial charge in [0.05, 0.1) is 12.6 Å². The van der Waals surface area contributed by atoms with Gasteiger partial charge in [0.25, 0.3) is 0 Å². The molecule has 1 amide bonds. The molecule has 2 aliphatic rings. The SMILES string of the molecule is CCc1nc(CN2CCN([C@H]3CCCN(C(C)C)C3=O)CC2)no1. The number of amides is 1. The van der Waals surface area contributed by atoms with Crippen LogP contribution < -0.4 is 0 Å². The summed E-state index contributed by atoms with van der Waals surface area (Å²) < 4.78 is 5.17. The van der Waals surface area contributed by atoms with Crippen molar-refractivity contribution in [3.63, 3.8) is 0 Å². The standard InChI is InChI=1S/C17H29N5O2/c1-4-16-18-15(19-24-16)12-20-8-10-21(11-9-20)14-6-5-7-22(13(2)3)17(14)23/h13-14H,4-12H2,1-3H3/t14-/m0/s1. The van der Waals surface area contributed by atoms with Gasteiger partial charge in [-0.15, -0.1) is 0 Å². The second-order valence-electron chi connectivity index (χ2n) is 7.05. The summed E-state index contributed by atoms with van der Waals surface area (Å²) in [5.41, 5.74) is 0. The quantitative estimate of drug-likeness (QED) is 0.804. The normalized spacial score (nSPS) is 24.1. The van der Waals surface area contributed by atoms with Gasteiger partial charge in [0, 0.05) is 45.2 Å². The van der Waals surface area contributed by atoms with Crippen molar-refractivity contribution in [1.29, 1.82) is 0 Å². The summed E-state index contributed by atoms with van der Waals surface area (Å²) in [7, 11) is 0. The molecule has 24 heavy (non-hydrogen) atoms. The molecule has 0 aliphatic carbocycles. The van der Waals surface area contributed by atoms with Gasteiger partial charge in [-0.3, -0.25) is 14.6 Å². The van der Waals surface area contributed by atoms with E-state index in [-0.39, 0.29) is 6.04 Å². The van der Waals surface area contributed by atoms with Gasteiger partial charge in [-0.25, -0.2) is 0 Å². The molecule has 0 N–H and O–H groups in total. The van der Waals surface area contributed by atoms with Gasteiger partial charge in [0.15, 0.2) is 5.82 Å². The maximum absolute atomic E-state index is 12.7. The maximum Gasteiger partial charge on any atom is 0.240 e. The van der Waals surface area contributed by atoms with E-state index in [4.69, 9.17) is 4.52 Å². The van der Waals surface area contributed by atoms with E-state index in [0.29, 0.717) is 17.8 Å². The molecule has 7 heteroatoms. The van der Waals surface area contributed by atoms with Crippen molar-refractivity contribution < 1.29 is 9.32 Å². The molecule has 1 aromatic heterocycles. The summed E-state index contributed by atoms with van der Waals surface area (Å²) in [6.45, 7) is 11.6. The molecule has 2 fully saturated rings. The average Bonchev–Trinajstić information content (AvgIpc) is 3.03. The maximum atomic E-state index is 12.7. The molecule has 3 heterocycles. The Morgan fingerprint density at radius 3 is 2.58 bits per heavy atom. The Morgan fingerprint density at radius 1 is 1.21 bits per heavy atom. The monoisotopic (exact) mass is 335 g/mol. The van der Waals surface area contributed by atoms with Crippen molar-refractivity contribution in [2.24, 2.45) is 0 Å². The lowest BCUT2D eigenvalue weighted by Crippen LogP contribution is -2.58. The van der Waals surface area contributed by atoms with Crippen molar-refractivity contribution in [2.45, 2.75) is 58.7 Å². The first kappa shape index (κ1) is 17.4. The lowest BCUT2D eigenvalue weighted by Gasteiger charge is -2.43. The van der Waals surface area contributed by atoms with E-state index < -0.39 is 0 Å². The number of hydrogen-bond donors (Lipinski definition) is 0. The van der Waals surface area contributed by atoms with Gasteiger partial charge >= 0.3 is 0 Å². The van der Waals surface area contributed by atoms with E-state index in [1.165, 1.54) is 0 Å². The summed E-state index contributed by atoms with van der Waals surface area (Å²) in [6.07, 6.45) is 2.88. The van der Waals surface area contributed by atoms with Gasteiger partial charge in [0.2, 0.25) is 11.8 Å². The zero-order valence-corrected chi connectivity index (χ0v) is 15.1. The van der Waals surface area contributed by atoms with E-state index in [1.54, 1.807) is 0 Å². The van der Waals surface area contributed by atoms with Crippen LogP contribution in [0.5, 0.6) is 0 Å². The predicted octanol–water partition coefficient (Wildman–Crippen LogP) is 1.15. The number of rotatable bonds is 5. The first-order valence-electron chi connectivity index (χ1n) is 9.16. The molecule has 2 saturated heterocycles. The van der Waals surface area contributed by atoms with Crippen LogP contribution in [0.1, 0.15) is 45.3 Å². The number of likely N-dealkylation sites (tertiary alicyclic amines) is 1. The zero-order chi connectivity index (χ0) is 17.1. The lowest BCUT2D eigenvalue weighted by atomic mass is 10.0. The van der Waals surface area contributed by atoms with Gasteiger partial charge in [-0.1, -0.05) is 12.1 Å². The summed E-state index contributed by atoms with van der Waals surface area (Å²) >= 11 is 0. The summed E-state index contributed by atoms with van der Waals surface area (Å²) in [5.74, 6) is 1.78. The molecule has 7 nitrogen and oxygen atoms in total. The highest BCUT2D eigenvalue weighted by molar-refractivity contribution is 5.82. The van der Waals surface area contributed by atoms with Gasteiger partial charge < -0.3 is 9.42 Å². The molecule has 3 rings (SSSR count). The molecular formula is C17H29N5O2. The number of hydrogen-bond acceptors (Lipinski definition) is 6. The Balaban J connectivity index is 1.52. The van der Waals surface area contributed by atoms with Gasteiger partial charge in [-0.05, 0) is 26.7 Å². The molecule has 0 unspecified atom stereocenters. The van der Waals surface area contributed by atoms with Gasteiger partial charge in [0.1, 0.15) is 0 Å².